The van der Waals surface area contributed by atoms with Gasteiger partial charge in [0.05, 0.1) is 0 Å². The molecule has 0 unspecified atom stereocenters. The van der Waals surface area contributed by atoms with Gasteiger partial charge in [-0.3, -0.25) is 4.79 Å². The molecule has 0 aromatic carbocycles. The van der Waals surface area contributed by atoms with E-state index in [1.165, 1.54) is 103 Å². The van der Waals surface area contributed by atoms with Gasteiger partial charge >= 0.3 is 0 Å². The molecule has 3 heteroatoms. The van der Waals surface area contributed by atoms with Crippen LogP contribution in [0.1, 0.15) is 117 Å². The number of aliphatic carboxylic acids is 1. The summed E-state index contributed by atoms with van der Waals surface area (Å²) >= 11 is 4.24. The average Bonchev–Trinajstić information content (AvgIpc) is 2.50. The summed E-state index contributed by atoms with van der Waals surface area (Å²) in [4.78, 5) is 9.00. The van der Waals surface area contributed by atoms with Crippen LogP contribution >= 0.6 is 12.6 Å². The molecule has 0 bridgehead atoms. The maximum atomic E-state index is 9.00. The Bertz CT molecular complexity index is 200. The van der Waals surface area contributed by atoms with E-state index < -0.39 is 5.97 Å². The number of carboxylic acid groups (broad SMARTS) is 1. The van der Waals surface area contributed by atoms with Crippen molar-refractivity contribution in [1.29, 1.82) is 0 Å². The monoisotopic (exact) mass is 346 g/mol. The second-order valence-electron chi connectivity index (χ2n) is 6.55. The van der Waals surface area contributed by atoms with Crippen molar-refractivity contribution in [2.75, 3.05) is 5.75 Å². The smallest absolute Gasteiger partial charge is 0.300 e. The molecule has 1 N–H and O–H groups in total. The van der Waals surface area contributed by atoms with Gasteiger partial charge in [0.2, 0.25) is 0 Å². The largest absolute Gasteiger partial charge is 0.481 e. The lowest BCUT2D eigenvalue weighted by Crippen LogP contribution is -1.83. The molecule has 0 amide bonds. The third-order valence-corrected chi connectivity index (χ3v) is 4.33. The highest BCUT2D eigenvalue weighted by molar-refractivity contribution is 7.80. The lowest BCUT2D eigenvalue weighted by atomic mass is 10.0. The van der Waals surface area contributed by atoms with Gasteiger partial charge in [0.25, 0.3) is 5.97 Å². The molecule has 0 atom stereocenters. The SMILES string of the molecule is CC(=O)O.CCCCCCCCCCCCCCCCCCS. The molecule has 0 saturated heterocycles. The summed E-state index contributed by atoms with van der Waals surface area (Å²) < 4.78 is 0. The summed E-state index contributed by atoms with van der Waals surface area (Å²) in [5.41, 5.74) is 0. The van der Waals surface area contributed by atoms with E-state index >= 15 is 0 Å². The first kappa shape index (κ1) is 25.1. The Kier molecular flexibility index (Phi) is 26.2. The van der Waals surface area contributed by atoms with Gasteiger partial charge in [-0.05, 0) is 12.2 Å². The predicted molar refractivity (Wildman–Crippen MR) is 107 cm³/mol. The van der Waals surface area contributed by atoms with E-state index in [9.17, 15) is 0 Å². The van der Waals surface area contributed by atoms with Crippen molar-refractivity contribution in [3.8, 4) is 0 Å². The average molecular weight is 347 g/mol. The van der Waals surface area contributed by atoms with Crippen LogP contribution in [-0.2, 0) is 4.79 Å². The Hall–Kier alpha value is -0.180. The minimum absolute atomic E-state index is 0.833. The number of hydrogen-bond acceptors (Lipinski definition) is 2. The lowest BCUT2D eigenvalue weighted by Gasteiger charge is -2.03. The molecule has 0 aromatic heterocycles. The zero-order chi connectivity index (χ0) is 17.6. The van der Waals surface area contributed by atoms with Gasteiger partial charge in [0.15, 0.2) is 0 Å². The molecule has 0 aliphatic rings. The Morgan fingerprint density at radius 1 is 0.652 bits per heavy atom. The molecule has 0 fully saturated rings. The minimum Gasteiger partial charge on any atom is -0.481 e. The topological polar surface area (TPSA) is 37.3 Å². The first-order chi connectivity index (χ1) is 11.1. The number of unbranched alkanes of at least 4 members (excludes halogenated alkanes) is 15. The zero-order valence-electron chi connectivity index (χ0n) is 15.8. The molecule has 0 heterocycles. The van der Waals surface area contributed by atoms with Crippen LogP contribution in [0.25, 0.3) is 0 Å². The van der Waals surface area contributed by atoms with Crippen LogP contribution in [0, 0.1) is 0 Å². The molecule has 0 aromatic rings. The van der Waals surface area contributed by atoms with E-state index in [4.69, 9.17) is 9.90 Å². The lowest BCUT2D eigenvalue weighted by molar-refractivity contribution is -0.134. The Balaban J connectivity index is 0. The van der Waals surface area contributed by atoms with Gasteiger partial charge in [-0.1, -0.05) is 103 Å². The molecule has 0 aliphatic heterocycles. The van der Waals surface area contributed by atoms with E-state index in [1.807, 2.05) is 0 Å². The van der Waals surface area contributed by atoms with E-state index in [-0.39, 0.29) is 0 Å². The quantitative estimate of drug-likeness (QED) is 0.228. The first-order valence-electron chi connectivity index (χ1n) is 9.95. The molecule has 23 heavy (non-hydrogen) atoms. The highest BCUT2D eigenvalue weighted by atomic mass is 32.1. The van der Waals surface area contributed by atoms with Crippen LogP contribution in [0.15, 0.2) is 0 Å². The summed E-state index contributed by atoms with van der Waals surface area (Å²) in [7, 11) is 0. The summed E-state index contributed by atoms with van der Waals surface area (Å²) in [6, 6.07) is 0. The van der Waals surface area contributed by atoms with Crippen molar-refractivity contribution in [2.45, 2.75) is 117 Å². The van der Waals surface area contributed by atoms with Crippen LogP contribution in [0.4, 0.5) is 0 Å². The van der Waals surface area contributed by atoms with Crippen LogP contribution in [0.3, 0.4) is 0 Å². The molecule has 0 rings (SSSR count). The number of thiol groups is 1. The number of carboxylic acids is 1. The van der Waals surface area contributed by atoms with Crippen LogP contribution in [-0.4, -0.2) is 16.8 Å². The molecule has 2 nitrogen and oxygen atoms in total. The number of hydrogen-bond donors (Lipinski definition) is 2. The molecule has 140 valence electrons. The second-order valence-corrected chi connectivity index (χ2v) is 6.99. The van der Waals surface area contributed by atoms with E-state index in [0.29, 0.717) is 0 Å². The highest BCUT2D eigenvalue weighted by Gasteiger charge is 1.94. The third kappa shape index (κ3) is 34.2. The predicted octanol–water partition coefficient (Wildman–Crippen LogP) is 7.27. The van der Waals surface area contributed by atoms with Crippen molar-refractivity contribution in [1.82, 2.24) is 0 Å². The zero-order valence-corrected chi connectivity index (χ0v) is 16.7. The summed E-state index contributed by atoms with van der Waals surface area (Å²) in [5.74, 6) is 0.235. The molecular weight excluding hydrogens is 304 g/mol. The van der Waals surface area contributed by atoms with Crippen molar-refractivity contribution < 1.29 is 9.90 Å². The van der Waals surface area contributed by atoms with E-state index in [1.54, 1.807) is 0 Å². The summed E-state index contributed by atoms with van der Waals surface area (Å²) in [5, 5.41) is 7.42. The fourth-order valence-electron chi connectivity index (χ4n) is 2.66. The summed E-state index contributed by atoms with van der Waals surface area (Å²) in [6.07, 6.45) is 23.1. The van der Waals surface area contributed by atoms with Gasteiger partial charge in [-0.15, -0.1) is 0 Å². The van der Waals surface area contributed by atoms with Gasteiger partial charge < -0.3 is 5.11 Å². The van der Waals surface area contributed by atoms with Gasteiger partial charge in [0.1, 0.15) is 0 Å². The second kappa shape index (κ2) is 24.1. The molecule has 0 spiro atoms. The highest BCUT2D eigenvalue weighted by Crippen LogP contribution is 2.13. The Labute approximate surface area is 151 Å². The standard InChI is InChI=1S/C18H38S.C2H4O2/c1-2-3-4-5-6-7-8-9-10-11-12-13-14-15-16-17-18-19;1-2(3)4/h19H,2-18H2,1H3;1H3,(H,3,4). The van der Waals surface area contributed by atoms with Crippen LogP contribution < -0.4 is 0 Å². The van der Waals surface area contributed by atoms with Crippen LogP contribution in [0.2, 0.25) is 0 Å². The molecular formula is C20H42O2S. The molecule has 0 saturated carbocycles. The maximum absolute atomic E-state index is 9.00. The van der Waals surface area contributed by atoms with E-state index in [2.05, 4.69) is 19.6 Å². The first-order valence-corrected chi connectivity index (χ1v) is 10.6. The molecule has 0 radical (unpaired) electrons. The Morgan fingerprint density at radius 2 is 0.870 bits per heavy atom. The fraction of sp³-hybridized carbons (Fsp3) is 0.950. The van der Waals surface area contributed by atoms with Gasteiger partial charge in [-0.25, -0.2) is 0 Å². The van der Waals surface area contributed by atoms with E-state index in [0.717, 1.165) is 12.7 Å². The van der Waals surface area contributed by atoms with Crippen molar-refractivity contribution in [3.63, 3.8) is 0 Å². The number of rotatable bonds is 16. The van der Waals surface area contributed by atoms with Gasteiger partial charge in [-0.2, -0.15) is 12.6 Å². The summed E-state index contributed by atoms with van der Waals surface area (Å²) in [6.45, 7) is 3.38. The van der Waals surface area contributed by atoms with Crippen molar-refractivity contribution in [3.05, 3.63) is 0 Å². The third-order valence-electron chi connectivity index (χ3n) is 4.01. The minimum atomic E-state index is -0.833. The van der Waals surface area contributed by atoms with Crippen molar-refractivity contribution >= 4 is 18.6 Å². The number of carbonyl (C=O) groups is 1. The van der Waals surface area contributed by atoms with Crippen molar-refractivity contribution in [2.24, 2.45) is 0 Å². The van der Waals surface area contributed by atoms with Crippen LogP contribution in [0.5, 0.6) is 0 Å². The fourth-order valence-corrected chi connectivity index (χ4v) is 2.88. The molecule has 0 aliphatic carbocycles. The maximum Gasteiger partial charge on any atom is 0.300 e. The van der Waals surface area contributed by atoms with Gasteiger partial charge in [0, 0.05) is 6.92 Å². The normalized spacial score (nSPS) is 10.2. The Morgan fingerprint density at radius 3 is 1.09 bits per heavy atom.